The molecule has 8 heteroatoms. The summed E-state index contributed by atoms with van der Waals surface area (Å²) >= 11 is 0. The van der Waals surface area contributed by atoms with Gasteiger partial charge in [-0.1, -0.05) is 0 Å². The van der Waals surface area contributed by atoms with Crippen molar-refractivity contribution in [1.29, 1.82) is 0 Å². The summed E-state index contributed by atoms with van der Waals surface area (Å²) < 4.78 is 39.0. The van der Waals surface area contributed by atoms with E-state index >= 15 is 0 Å². The Balaban J connectivity index is 1.98. The summed E-state index contributed by atoms with van der Waals surface area (Å²) in [5, 5.41) is 0. The lowest BCUT2D eigenvalue weighted by Gasteiger charge is -2.30. The summed E-state index contributed by atoms with van der Waals surface area (Å²) in [5.41, 5.74) is 1.26. The maximum Gasteiger partial charge on any atom is 0.471 e. The Morgan fingerprint density at radius 3 is 2.39 bits per heavy atom. The topological polar surface area (TPSA) is 69.0 Å². The Kier molecular flexibility index (Phi) is 3.75. The van der Waals surface area contributed by atoms with Crippen LogP contribution in [0.3, 0.4) is 0 Å². The largest absolute Gasteiger partial charge is 0.471 e. The van der Waals surface area contributed by atoms with Crippen molar-refractivity contribution >= 4 is 12.2 Å². The van der Waals surface area contributed by atoms with Crippen LogP contribution in [0.4, 0.5) is 13.2 Å². The van der Waals surface area contributed by atoms with Gasteiger partial charge in [0, 0.05) is 17.6 Å². The number of nitrogens with one attached hydrogen (secondary N) is 2. The molecule has 122 valence electrons. The molecule has 0 radical (unpaired) electrons. The second kappa shape index (κ2) is 5.60. The molecule has 3 rings (SSSR count). The molecule has 2 aromatic rings. The maximum absolute atomic E-state index is 13.0. The minimum absolute atomic E-state index is 0.266. The molecule has 0 spiro atoms. The first-order valence-corrected chi connectivity index (χ1v) is 7.08. The highest BCUT2D eigenvalue weighted by atomic mass is 19.4. The van der Waals surface area contributed by atoms with E-state index in [1.54, 1.807) is 24.4 Å². The third-order valence-corrected chi connectivity index (χ3v) is 4.06. The molecule has 2 atom stereocenters. The van der Waals surface area contributed by atoms with Gasteiger partial charge in [-0.3, -0.25) is 9.59 Å². The standard InChI is InChI=1S/C15H14F3N3O2/c16-15(17,18)14(23)21-12(10-2-1-7-19-10)5-6-13(21)11-4-3-9(8-22)20-11/h1-4,7-8,12-13,19-20H,5-6H2/t12-,13-/m1/s1. The molecule has 1 amide bonds. The van der Waals surface area contributed by atoms with Gasteiger partial charge in [0.1, 0.15) is 0 Å². The van der Waals surface area contributed by atoms with Gasteiger partial charge >= 0.3 is 12.1 Å². The van der Waals surface area contributed by atoms with Gasteiger partial charge in [0.2, 0.25) is 0 Å². The highest BCUT2D eigenvalue weighted by Crippen LogP contribution is 2.45. The number of amides is 1. The predicted octanol–water partition coefficient (Wildman–Crippen LogP) is 3.12. The van der Waals surface area contributed by atoms with Crippen LogP contribution in [-0.4, -0.2) is 33.2 Å². The van der Waals surface area contributed by atoms with Crippen molar-refractivity contribution in [3.63, 3.8) is 0 Å². The van der Waals surface area contributed by atoms with Gasteiger partial charge in [-0.2, -0.15) is 13.2 Å². The number of aromatic amines is 2. The normalized spacial score (nSPS) is 21.6. The molecule has 2 N–H and O–H groups in total. The van der Waals surface area contributed by atoms with Gasteiger partial charge < -0.3 is 14.9 Å². The quantitative estimate of drug-likeness (QED) is 0.851. The lowest BCUT2D eigenvalue weighted by atomic mass is 10.1. The van der Waals surface area contributed by atoms with Crippen molar-refractivity contribution in [2.45, 2.75) is 31.1 Å². The van der Waals surface area contributed by atoms with Gasteiger partial charge in [0.05, 0.1) is 17.8 Å². The molecule has 3 heterocycles. The van der Waals surface area contributed by atoms with Crippen molar-refractivity contribution in [1.82, 2.24) is 14.9 Å². The fraction of sp³-hybridized carbons (Fsp3) is 0.333. The fourth-order valence-corrected chi connectivity index (χ4v) is 3.10. The lowest BCUT2D eigenvalue weighted by molar-refractivity contribution is -0.189. The van der Waals surface area contributed by atoms with Crippen LogP contribution >= 0.6 is 0 Å². The third-order valence-electron chi connectivity index (χ3n) is 4.06. The van der Waals surface area contributed by atoms with Gasteiger partial charge in [-0.05, 0) is 37.1 Å². The molecule has 1 saturated heterocycles. The second-order valence-electron chi connectivity index (χ2n) is 5.43. The van der Waals surface area contributed by atoms with Crippen LogP contribution in [0.15, 0.2) is 30.5 Å². The van der Waals surface area contributed by atoms with Crippen molar-refractivity contribution < 1.29 is 22.8 Å². The molecular weight excluding hydrogens is 311 g/mol. The van der Waals surface area contributed by atoms with Gasteiger partial charge in [-0.25, -0.2) is 0 Å². The second-order valence-corrected chi connectivity index (χ2v) is 5.43. The zero-order valence-corrected chi connectivity index (χ0v) is 11.9. The monoisotopic (exact) mass is 325 g/mol. The molecule has 0 saturated carbocycles. The van der Waals surface area contributed by atoms with Crippen molar-refractivity contribution in [2.24, 2.45) is 0 Å². The molecule has 5 nitrogen and oxygen atoms in total. The first-order chi connectivity index (χ1) is 10.9. The number of halogens is 3. The SMILES string of the molecule is O=Cc1ccc([C@H]2CC[C@H](c3ccc[nH]3)N2C(=O)C(F)(F)F)[nH]1. The first kappa shape index (κ1) is 15.4. The predicted molar refractivity (Wildman–Crippen MR) is 74.6 cm³/mol. The Morgan fingerprint density at radius 1 is 1.17 bits per heavy atom. The Labute approximate surface area is 129 Å². The number of hydrogen-bond acceptors (Lipinski definition) is 2. The van der Waals surface area contributed by atoms with Crippen LogP contribution < -0.4 is 0 Å². The minimum Gasteiger partial charge on any atom is -0.363 e. The number of nitrogens with zero attached hydrogens (tertiary/aromatic N) is 1. The number of aldehydes is 1. The van der Waals surface area contributed by atoms with Crippen LogP contribution in [0.5, 0.6) is 0 Å². The van der Waals surface area contributed by atoms with E-state index in [-0.39, 0.29) is 5.69 Å². The molecule has 1 aliphatic heterocycles. The van der Waals surface area contributed by atoms with Crippen molar-refractivity contribution in [3.8, 4) is 0 Å². The van der Waals surface area contributed by atoms with E-state index in [2.05, 4.69) is 9.97 Å². The average molecular weight is 325 g/mol. The number of aromatic nitrogens is 2. The van der Waals surface area contributed by atoms with Crippen LogP contribution in [-0.2, 0) is 4.79 Å². The van der Waals surface area contributed by atoms with Crippen LogP contribution in [0.25, 0.3) is 0 Å². The number of carbonyl (C=O) groups excluding carboxylic acids is 2. The zero-order chi connectivity index (χ0) is 16.6. The van der Waals surface area contributed by atoms with Gasteiger partial charge in [-0.15, -0.1) is 0 Å². The highest BCUT2D eigenvalue weighted by Gasteiger charge is 2.50. The van der Waals surface area contributed by atoms with E-state index in [0.29, 0.717) is 30.5 Å². The molecular formula is C15H14F3N3O2. The molecule has 0 bridgehead atoms. The van der Waals surface area contributed by atoms with E-state index < -0.39 is 24.2 Å². The fourth-order valence-electron chi connectivity index (χ4n) is 3.10. The summed E-state index contributed by atoms with van der Waals surface area (Å²) in [4.78, 5) is 29.2. The summed E-state index contributed by atoms with van der Waals surface area (Å²) in [7, 11) is 0. The molecule has 0 aliphatic carbocycles. The Bertz CT molecular complexity index is 706. The molecule has 23 heavy (non-hydrogen) atoms. The van der Waals surface area contributed by atoms with Crippen LogP contribution in [0, 0.1) is 0 Å². The third kappa shape index (κ3) is 2.76. The number of hydrogen-bond donors (Lipinski definition) is 2. The van der Waals surface area contributed by atoms with E-state index in [1.807, 2.05) is 0 Å². The average Bonchev–Trinajstić information content (AvgIpc) is 3.23. The smallest absolute Gasteiger partial charge is 0.363 e. The van der Waals surface area contributed by atoms with E-state index in [9.17, 15) is 22.8 Å². The van der Waals surface area contributed by atoms with Crippen LogP contribution in [0.1, 0.15) is 46.8 Å². The van der Waals surface area contributed by atoms with E-state index in [0.717, 1.165) is 4.90 Å². The van der Waals surface area contributed by atoms with Gasteiger partial charge in [0.25, 0.3) is 0 Å². The van der Waals surface area contributed by atoms with Gasteiger partial charge in [0.15, 0.2) is 6.29 Å². The van der Waals surface area contributed by atoms with Crippen LogP contribution in [0.2, 0.25) is 0 Å². The summed E-state index contributed by atoms with van der Waals surface area (Å²) in [6.45, 7) is 0. The highest BCUT2D eigenvalue weighted by molar-refractivity contribution is 5.83. The molecule has 1 fully saturated rings. The number of H-pyrrole nitrogens is 2. The number of likely N-dealkylation sites (tertiary alicyclic amines) is 1. The number of alkyl halides is 3. The first-order valence-electron chi connectivity index (χ1n) is 7.08. The summed E-state index contributed by atoms with van der Waals surface area (Å²) in [5.74, 6) is -1.87. The zero-order valence-electron chi connectivity index (χ0n) is 11.9. The number of rotatable bonds is 3. The molecule has 0 unspecified atom stereocenters. The minimum atomic E-state index is -4.95. The van der Waals surface area contributed by atoms with E-state index in [1.165, 1.54) is 6.07 Å². The summed E-state index contributed by atoms with van der Waals surface area (Å²) in [6.07, 6.45) is -1.98. The maximum atomic E-state index is 13.0. The Hall–Kier alpha value is -2.51. The van der Waals surface area contributed by atoms with Crippen molar-refractivity contribution in [3.05, 3.63) is 47.5 Å². The summed E-state index contributed by atoms with van der Waals surface area (Å²) in [6, 6.07) is 4.95. The Morgan fingerprint density at radius 2 is 1.87 bits per heavy atom. The lowest BCUT2D eigenvalue weighted by Crippen LogP contribution is -2.42. The van der Waals surface area contributed by atoms with E-state index in [4.69, 9.17) is 0 Å². The molecule has 1 aliphatic rings. The van der Waals surface area contributed by atoms with Crippen molar-refractivity contribution in [2.75, 3.05) is 0 Å². The molecule has 2 aromatic heterocycles. The molecule has 0 aromatic carbocycles. The number of carbonyl (C=O) groups is 2.